The van der Waals surface area contributed by atoms with Crippen molar-refractivity contribution in [1.29, 1.82) is 0 Å². The van der Waals surface area contributed by atoms with E-state index in [1.165, 1.54) is 5.56 Å². The highest BCUT2D eigenvalue weighted by molar-refractivity contribution is 5.80. The van der Waals surface area contributed by atoms with Crippen LogP contribution in [-0.4, -0.2) is 55.3 Å². The summed E-state index contributed by atoms with van der Waals surface area (Å²) in [4.78, 5) is 7.18. The van der Waals surface area contributed by atoms with Crippen molar-refractivity contribution < 1.29 is 9.84 Å². The summed E-state index contributed by atoms with van der Waals surface area (Å²) < 4.78 is 5.25. The fourth-order valence-electron chi connectivity index (χ4n) is 4.02. The molecule has 0 saturated carbocycles. The highest BCUT2D eigenvalue weighted by Gasteiger charge is 2.24. The summed E-state index contributed by atoms with van der Waals surface area (Å²) in [6, 6.07) is 19.0. The van der Waals surface area contributed by atoms with E-state index in [0.29, 0.717) is 18.6 Å². The van der Waals surface area contributed by atoms with E-state index >= 15 is 0 Å². The van der Waals surface area contributed by atoms with E-state index in [9.17, 15) is 5.11 Å². The lowest BCUT2D eigenvalue weighted by Crippen LogP contribution is -2.49. The lowest BCUT2D eigenvalue weighted by Gasteiger charge is -2.37. The largest absolute Gasteiger partial charge is 0.497 e. The molecule has 0 aromatic heterocycles. The van der Waals surface area contributed by atoms with Gasteiger partial charge in [0.2, 0.25) is 0 Å². The SMILES string of the molecule is CCNC(=NCC(O)c1cccc(OC)c1)NC1CCN(C(C)c2ccccc2)CC1. The molecule has 3 N–H and O–H groups in total. The zero-order chi connectivity index (χ0) is 22.1. The Morgan fingerprint density at radius 1 is 1.13 bits per heavy atom. The van der Waals surface area contributed by atoms with Crippen molar-refractivity contribution in [1.82, 2.24) is 15.5 Å². The molecule has 0 bridgehead atoms. The third-order valence-corrected chi connectivity index (χ3v) is 5.95. The number of likely N-dealkylation sites (tertiary alicyclic amines) is 1. The summed E-state index contributed by atoms with van der Waals surface area (Å²) in [6.07, 6.45) is 1.47. The number of guanidine groups is 1. The summed E-state index contributed by atoms with van der Waals surface area (Å²) in [5, 5.41) is 17.4. The third-order valence-electron chi connectivity index (χ3n) is 5.95. The van der Waals surface area contributed by atoms with Crippen molar-refractivity contribution in [2.75, 3.05) is 33.3 Å². The molecule has 1 aliphatic rings. The van der Waals surface area contributed by atoms with Gasteiger partial charge < -0.3 is 20.5 Å². The number of aliphatic hydroxyl groups excluding tert-OH is 1. The molecule has 2 unspecified atom stereocenters. The molecule has 31 heavy (non-hydrogen) atoms. The fourth-order valence-corrected chi connectivity index (χ4v) is 4.02. The van der Waals surface area contributed by atoms with Crippen LogP contribution in [0.25, 0.3) is 0 Å². The highest BCUT2D eigenvalue weighted by atomic mass is 16.5. The predicted octanol–water partition coefficient (Wildman–Crippen LogP) is 3.51. The minimum atomic E-state index is -0.667. The van der Waals surface area contributed by atoms with Crippen molar-refractivity contribution in [2.24, 2.45) is 4.99 Å². The van der Waals surface area contributed by atoms with Crippen molar-refractivity contribution in [2.45, 2.75) is 44.9 Å². The second kappa shape index (κ2) is 11.7. The van der Waals surface area contributed by atoms with E-state index in [4.69, 9.17) is 4.74 Å². The molecule has 1 fully saturated rings. The molecule has 0 spiro atoms. The van der Waals surface area contributed by atoms with Gasteiger partial charge in [0.05, 0.1) is 19.8 Å². The molecule has 1 aliphatic heterocycles. The van der Waals surface area contributed by atoms with E-state index in [0.717, 1.165) is 49.7 Å². The summed E-state index contributed by atoms with van der Waals surface area (Å²) in [7, 11) is 1.63. The Hall–Kier alpha value is -2.57. The van der Waals surface area contributed by atoms with Gasteiger partial charge in [0.15, 0.2) is 5.96 Å². The molecule has 6 nitrogen and oxygen atoms in total. The number of methoxy groups -OCH3 is 1. The maximum Gasteiger partial charge on any atom is 0.191 e. The molecule has 1 heterocycles. The van der Waals surface area contributed by atoms with Gasteiger partial charge in [-0.25, -0.2) is 0 Å². The Balaban J connectivity index is 1.53. The normalized spacial score (nSPS) is 17.7. The van der Waals surface area contributed by atoms with Gasteiger partial charge in [0, 0.05) is 31.7 Å². The summed E-state index contributed by atoms with van der Waals surface area (Å²) in [5.41, 5.74) is 2.18. The van der Waals surface area contributed by atoms with Gasteiger partial charge in [-0.1, -0.05) is 42.5 Å². The summed E-state index contributed by atoms with van der Waals surface area (Å²) >= 11 is 0. The number of ether oxygens (including phenoxy) is 1. The van der Waals surface area contributed by atoms with Gasteiger partial charge in [-0.05, 0) is 49.9 Å². The first-order chi connectivity index (χ1) is 15.1. The number of hydrogen-bond acceptors (Lipinski definition) is 4. The first kappa shape index (κ1) is 23.1. The molecule has 3 rings (SSSR count). The number of aliphatic hydroxyl groups is 1. The molecule has 2 aromatic rings. The average molecular weight is 425 g/mol. The van der Waals surface area contributed by atoms with Crippen molar-refractivity contribution in [3.63, 3.8) is 0 Å². The first-order valence-corrected chi connectivity index (χ1v) is 11.3. The minimum Gasteiger partial charge on any atom is -0.497 e. The van der Waals surface area contributed by atoms with Crippen LogP contribution in [-0.2, 0) is 0 Å². The van der Waals surface area contributed by atoms with E-state index in [1.54, 1.807) is 7.11 Å². The van der Waals surface area contributed by atoms with Gasteiger partial charge in [-0.15, -0.1) is 0 Å². The van der Waals surface area contributed by atoms with Crippen LogP contribution in [0, 0.1) is 0 Å². The van der Waals surface area contributed by atoms with Gasteiger partial charge in [-0.3, -0.25) is 9.89 Å². The zero-order valence-electron chi connectivity index (χ0n) is 18.9. The molecule has 0 radical (unpaired) electrons. The number of aliphatic imine (C=N–C) groups is 1. The van der Waals surface area contributed by atoms with Crippen molar-refractivity contribution in [3.8, 4) is 5.75 Å². The second-order valence-corrected chi connectivity index (χ2v) is 8.05. The smallest absolute Gasteiger partial charge is 0.191 e. The topological polar surface area (TPSA) is 69.1 Å². The quantitative estimate of drug-likeness (QED) is 0.447. The molecule has 6 heteroatoms. The molecule has 2 aromatic carbocycles. The average Bonchev–Trinajstić information content (AvgIpc) is 2.83. The number of rotatable bonds is 8. The van der Waals surface area contributed by atoms with Gasteiger partial charge in [0.1, 0.15) is 5.75 Å². The van der Waals surface area contributed by atoms with Crippen LogP contribution in [0.4, 0.5) is 0 Å². The van der Waals surface area contributed by atoms with E-state index < -0.39 is 6.10 Å². The Morgan fingerprint density at radius 2 is 1.84 bits per heavy atom. The van der Waals surface area contributed by atoms with Crippen molar-refractivity contribution in [3.05, 3.63) is 65.7 Å². The fraction of sp³-hybridized carbons (Fsp3) is 0.480. The molecular formula is C25H36N4O2. The minimum absolute atomic E-state index is 0.298. The van der Waals surface area contributed by atoms with E-state index in [-0.39, 0.29) is 0 Å². The zero-order valence-corrected chi connectivity index (χ0v) is 18.9. The lowest BCUT2D eigenvalue weighted by atomic mass is 10.0. The highest BCUT2D eigenvalue weighted by Crippen LogP contribution is 2.24. The van der Waals surface area contributed by atoms with Gasteiger partial charge in [-0.2, -0.15) is 0 Å². The number of piperidine rings is 1. The number of nitrogens with one attached hydrogen (secondary N) is 2. The molecular weight excluding hydrogens is 388 g/mol. The Labute approximate surface area is 186 Å². The molecule has 0 aliphatic carbocycles. The van der Waals surface area contributed by atoms with Crippen molar-refractivity contribution >= 4 is 5.96 Å². The van der Waals surface area contributed by atoms with Crippen LogP contribution in [0.5, 0.6) is 5.75 Å². The Bertz CT molecular complexity index is 819. The first-order valence-electron chi connectivity index (χ1n) is 11.3. The molecule has 0 amide bonds. The van der Waals surface area contributed by atoms with Crippen LogP contribution in [0.2, 0.25) is 0 Å². The number of benzene rings is 2. The monoisotopic (exact) mass is 424 g/mol. The Morgan fingerprint density at radius 3 is 2.52 bits per heavy atom. The lowest BCUT2D eigenvalue weighted by molar-refractivity contribution is 0.158. The molecule has 2 atom stereocenters. The standard InChI is InChI=1S/C25H36N4O2/c1-4-26-25(27-18-24(30)21-11-8-12-23(17-21)31-3)28-22-13-15-29(16-14-22)19(2)20-9-6-5-7-10-20/h5-12,17,19,22,24,30H,4,13-16,18H2,1-3H3,(H2,26,27,28). The maximum absolute atomic E-state index is 10.5. The van der Waals surface area contributed by atoms with Crippen LogP contribution >= 0.6 is 0 Å². The molecule has 168 valence electrons. The van der Waals surface area contributed by atoms with Gasteiger partial charge in [0.25, 0.3) is 0 Å². The van der Waals surface area contributed by atoms with Gasteiger partial charge >= 0.3 is 0 Å². The Kier molecular flexibility index (Phi) is 8.74. The van der Waals surface area contributed by atoms with E-state index in [1.807, 2.05) is 24.3 Å². The predicted molar refractivity (Wildman–Crippen MR) is 127 cm³/mol. The third kappa shape index (κ3) is 6.71. The van der Waals surface area contributed by atoms with Crippen LogP contribution in [0.15, 0.2) is 59.6 Å². The van der Waals surface area contributed by atoms with Crippen LogP contribution in [0.1, 0.15) is 50.0 Å². The molecule has 1 saturated heterocycles. The number of hydrogen-bond donors (Lipinski definition) is 3. The number of nitrogens with zero attached hydrogens (tertiary/aromatic N) is 2. The second-order valence-electron chi connectivity index (χ2n) is 8.05. The van der Waals surface area contributed by atoms with Crippen LogP contribution in [0.3, 0.4) is 0 Å². The summed E-state index contributed by atoms with van der Waals surface area (Å²) in [5.74, 6) is 1.50. The maximum atomic E-state index is 10.5. The summed E-state index contributed by atoms with van der Waals surface area (Å²) in [6.45, 7) is 7.53. The van der Waals surface area contributed by atoms with Crippen LogP contribution < -0.4 is 15.4 Å². The van der Waals surface area contributed by atoms with E-state index in [2.05, 4.69) is 64.7 Å².